The van der Waals surface area contributed by atoms with Crippen molar-refractivity contribution in [2.45, 2.75) is 25.7 Å². The summed E-state index contributed by atoms with van der Waals surface area (Å²) in [6.45, 7) is 6.16. The van der Waals surface area contributed by atoms with Gasteiger partial charge in [0.2, 0.25) is 11.8 Å². The molecule has 2 unspecified atom stereocenters. The molecule has 2 amide bonds. The summed E-state index contributed by atoms with van der Waals surface area (Å²) < 4.78 is 0. The van der Waals surface area contributed by atoms with Crippen molar-refractivity contribution in [2.24, 2.45) is 5.92 Å². The van der Waals surface area contributed by atoms with Crippen molar-refractivity contribution in [3.8, 4) is 0 Å². The predicted octanol–water partition coefficient (Wildman–Crippen LogP) is 1.45. The Morgan fingerprint density at radius 3 is 2.26 bits per heavy atom. The lowest BCUT2D eigenvalue weighted by atomic mass is 9.94. The number of amides is 2. The molecule has 0 aromatic heterocycles. The average molecular weight is 258 g/mol. The number of rotatable bonds is 4. The zero-order chi connectivity index (χ0) is 13.6. The van der Waals surface area contributed by atoms with Gasteiger partial charge in [0.05, 0.1) is 11.3 Å². The van der Waals surface area contributed by atoms with Crippen LogP contribution in [0.5, 0.6) is 0 Å². The zero-order valence-electron chi connectivity index (χ0n) is 11.3. The molecule has 1 heterocycles. The van der Waals surface area contributed by atoms with Crippen LogP contribution in [0.2, 0.25) is 0 Å². The molecule has 1 saturated heterocycles. The van der Waals surface area contributed by atoms with Crippen LogP contribution in [0.15, 0.2) is 24.3 Å². The summed E-state index contributed by atoms with van der Waals surface area (Å²) in [4.78, 5) is 25.7. The molecule has 0 spiro atoms. The standard InChI is InChI=1S/C15H18N2O2/c1-3-17(4-2)11-7-5-10(6-8-11)15-9-12(15)13(18)16-14(15)19/h5-8,12H,3-4,9H2,1-2H3,(H,16,18,19). The third-order valence-electron chi connectivity index (χ3n) is 4.43. The van der Waals surface area contributed by atoms with Crippen LogP contribution < -0.4 is 10.2 Å². The SMILES string of the molecule is CCN(CC)c1ccc(C23CC2C(=O)NC3=O)cc1. The van der Waals surface area contributed by atoms with E-state index in [1.54, 1.807) is 0 Å². The van der Waals surface area contributed by atoms with E-state index in [0.29, 0.717) is 6.42 Å². The van der Waals surface area contributed by atoms with Crippen LogP contribution in [0.1, 0.15) is 25.8 Å². The first-order valence-corrected chi connectivity index (χ1v) is 6.84. The molecule has 1 saturated carbocycles. The van der Waals surface area contributed by atoms with Crippen molar-refractivity contribution in [3.05, 3.63) is 29.8 Å². The first kappa shape index (κ1) is 12.2. The van der Waals surface area contributed by atoms with E-state index >= 15 is 0 Å². The number of carbonyl (C=O) groups is 2. The Kier molecular flexibility index (Phi) is 2.62. The highest BCUT2D eigenvalue weighted by atomic mass is 16.2. The Morgan fingerprint density at radius 2 is 1.84 bits per heavy atom. The van der Waals surface area contributed by atoms with E-state index in [0.717, 1.165) is 24.3 Å². The number of anilines is 1. The minimum absolute atomic E-state index is 0.113. The van der Waals surface area contributed by atoms with Crippen molar-refractivity contribution >= 4 is 17.5 Å². The van der Waals surface area contributed by atoms with Crippen LogP contribution in [0.3, 0.4) is 0 Å². The largest absolute Gasteiger partial charge is 0.372 e. The topological polar surface area (TPSA) is 49.4 Å². The van der Waals surface area contributed by atoms with Crippen molar-refractivity contribution in [2.75, 3.05) is 18.0 Å². The van der Waals surface area contributed by atoms with Gasteiger partial charge < -0.3 is 4.90 Å². The third-order valence-corrected chi connectivity index (χ3v) is 4.43. The number of carbonyl (C=O) groups excluding carboxylic acids is 2. The Labute approximate surface area is 112 Å². The lowest BCUT2D eigenvalue weighted by Gasteiger charge is -2.21. The molecule has 0 radical (unpaired) electrons. The lowest BCUT2D eigenvalue weighted by Crippen LogP contribution is -2.30. The molecule has 1 N–H and O–H groups in total. The maximum Gasteiger partial charge on any atom is 0.238 e. The molecule has 1 aromatic rings. The third kappa shape index (κ3) is 1.59. The van der Waals surface area contributed by atoms with Crippen LogP contribution in [0.4, 0.5) is 5.69 Å². The molecule has 19 heavy (non-hydrogen) atoms. The van der Waals surface area contributed by atoms with Gasteiger partial charge in [0.25, 0.3) is 0 Å². The van der Waals surface area contributed by atoms with Gasteiger partial charge in [-0.05, 0) is 38.0 Å². The molecule has 2 fully saturated rings. The molecular weight excluding hydrogens is 240 g/mol. The molecular formula is C15H18N2O2. The van der Waals surface area contributed by atoms with E-state index in [4.69, 9.17) is 0 Å². The summed E-state index contributed by atoms with van der Waals surface area (Å²) in [5.41, 5.74) is 1.57. The van der Waals surface area contributed by atoms with Crippen LogP contribution in [0.25, 0.3) is 0 Å². The van der Waals surface area contributed by atoms with Gasteiger partial charge in [0.1, 0.15) is 0 Å². The second-order valence-electron chi connectivity index (χ2n) is 5.27. The minimum atomic E-state index is -0.557. The fourth-order valence-corrected chi connectivity index (χ4v) is 3.15. The smallest absolute Gasteiger partial charge is 0.238 e. The summed E-state index contributed by atoms with van der Waals surface area (Å²) in [6.07, 6.45) is 0.669. The van der Waals surface area contributed by atoms with E-state index in [2.05, 4.69) is 24.1 Å². The second-order valence-corrected chi connectivity index (χ2v) is 5.27. The fraction of sp³-hybridized carbons (Fsp3) is 0.467. The normalized spacial score (nSPS) is 28.0. The second kappa shape index (κ2) is 4.08. The van der Waals surface area contributed by atoms with E-state index < -0.39 is 5.41 Å². The minimum Gasteiger partial charge on any atom is -0.372 e. The van der Waals surface area contributed by atoms with Gasteiger partial charge in [-0.1, -0.05) is 12.1 Å². The van der Waals surface area contributed by atoms with Gasteiger partial charge in [-0.25, -0.2) is 0 Å². The molecule has 4 heteroatoms. The molecule has 1 aromatic carbocycles. The maximum atomic E-state index is 11.9. The van der Waals surface area contributed by atoms with Crippen molar-refractivity contribution in [1.29, 1.82) is 0 Å². The van der Waals surface area contributed by atoms with Crippen LogP contribution in [-0.2, 0) is 15.0 Å². The molecule has 0 bridgehead atoms. The molecule has 1 aliphatic heterocycles. The highest BCUT2D eigenvalue weighted by molar-refractivity contribution is 6.15. The fourth-order valence-electron chi connectivity index (χ4n) is 3.15. The number of imide groups is 1. The Bertz CT molecular complexity index is 534. The number of nitrogens with one attached hydrogen (secondary N) is 1. The molecule has 4 nitrogen and oxygen atoms in total. The Hall–Kier alpha value is -1.84. The molecule has 1 aliphatic carbocycles. The highest BCUT2D eigenvalue weighted by Gasteiger charge is 2.69. The molecule has 2 aliphatic rings. The van der Waals surface area contributed by atoms with Gasteiger partial charge in [-0.3, -0.25) is 14.9 Å². The Balaban J connectivity index is 1.89. The highest BCUT2D eigenvalue weighted by Crippen LogP contribution is 2.57. The summed E-state index contributed by atoms with van der Waals surface area (Å²) >= 11 is 0. The lowest BCUT2D eigenvalue weighted by molar-refractivity contribution is -0.127. The number of nitrogens with zero attached hydrogens (tertiary/aromatic N) is 1. The zero-order valence-corrected chi connectivity index (χ0v) is 11.3. The van der Waals surface area contributed by atoms with Crippen LogP contribution in [-0.4, -0.2) is 24.9 Å². The van der Waals surface area contributed by atoms with Crippen LogP contribution in [0, 0.1) is 5.92 Å². The van der Waals surface area contributed by atoms with E-state index in [1.807, 2.05) is 24.3 Å². The molecule has 2 atom stereocenters. The van der Waals surface area contributed by atoms with E-state index in [1.165, 1.54) is 0 Å². The van der Waals surface area contributed by atoms with Gasteiger partial charge in [0.15, 0.2) is 0 Å². The van der Waals surface area contributed by atoms with Gasteiger partial charge in [-0.15, -0.1) is 0 Å². The maximum absolute atomic E-state index is 11.9. The number of fused-ring (bicyclic) bond motifs is 1. The van der Waals surface area contributed by atoms with E-state index in [-0.39, 0.29) is 17.7 Å². The number of benzene rings is 1. The summed E-state index contributed by atoms with van der Waals surface area (Å²) in [5, 5.41) is 2.43. The average Bonchev–Trinajstić information content (AvgIpc) is 3.12. The summed E-state index contributed by atoms with van der Waals surface area (Å²) in [6, 6.07) is 8.07. The number of hydrogen-bond acceptors (Lipinski definition) is 3. The van der Waals surface area contributed by atoms with Crippen LogP contribution >= 0.6 is 0 Å². The van der Waals surface area contributed by atoms with Crippen molar-refractivity contribution in [1.82, 2.24) is 5.32 Å². The van der Waals surface area contributed by atoms with Crippen molar-refractivity contribution in [3.63, 3.8) is 0 Å². The monoisotopic (exact) mass is 258 g/mol. The molecule has 3 rings (SSSR count). The first-order chi connectivity index (χ1) is 9.13. The number of piperidine rings is 1. The predicted molar refractivity (Wildman–Crippen MR) is 72.9 cm³/mol. The van der Waals surface area contributed by atoms with E-state index in [9.17, 15) is 9.59 Å². The quantitative estimate of drug-likeness (QED) is 0.832. The number of hydrogen-bond donors (Lipinski definition) is 1. The molecule has 100 valence electrons. The summed E-state index contributed by atoms with van der Waals surface area (Å²) in [7, 11) is 0. The van der Waals surface area contributed by atoms with Gasteiger partial charge in [0, 0.05) is 18.8 Å². The first-order valence-electron chi connectivity index (χ1n) is 6.84. The van der Waals surface area contributed by atoms with Gasteiger partial charge in [-0.2, -0.15) is 0 Å². The Morgan fingerprint density at radius 1 is 1.21 bits per heavy atom. The van der Waals surface area contributed by atoms with Gasteiger partial charge >= 0.3 is 0 Å². The summed E-state index contributed by atoms with van der Waals surface area (Å²) in [5.74, 6) is -0.379. The van der Waals surface area contributed by atoms with Crippen molar-refractivity contribution < 1.29 is 9.59 Å².